The lowest BCUT2D eigenvalue weighted by Crippen LogP contribution is -2.42. The maximum atomic E-state index is 13.3. The largest absolute Gasteiger partial charge is 0.419 e. The Hall–Kier alpha value is -3.62. The first-order valence-electron chi connectivity index (χ1n) is 13.7. The van der Waals surface area contributed by atoms with Crippen LogP contribution in [-0.4, -0.2) is 54.3 Å². The van der Waals surface area contributed by atoms with Gasteiger partial charge in [-0.1, -0.05) is 36.9 Å². The van der Waals surface area contributed by atoms with Gasteiger partial charge in [-0.05, 0) is 61.9 Å². The molecule has 39 heavy (non-hydrogen) atoms. The number of aryl methyl sites for hydroxylation is 2. The standard InChI is InChI=1S/C31H40N4O4/c1-4-39-31(37)33-26-14-12-23(13-15-26)19-25(32)20-29(36)34-16-7-9-24(21-34)30-22(2)27-10-5-6-11-28(27)35(30)17-8-18-38-3/h4-6,10-15,24-25H,1,7-9,16-21,32H2,2-3H3,(H,33,37). The molecular weight excluding hydrogens is 492 g/mol. The molecule has 3 N–H and O–H groups in total. The summed E-state index contributed by atoms with van der Waals surface area (Å²) in [7, 11) is 1.74. The van der Waals surface area contributed by atoms with Gasteiger partial charge in [-0.3, -0.25) is 10.1 Å². The number of nitrogens with one attached hydrogen (secondary N) is 1. The van der Waals surface area contributed by atoms with E-state index in [9.17, 15) is 9.59 Å². The predicted octanol–water partition coefficient (Wildman–Crippen LogP) is 5.34. The molecule has 0 aliphatic carbocycles. The molecule has 3 aromatic rings. The maximum Gasteiger partial charge on any atom is 0.416 e. The minimum atomic E-state index is -0.592. The number of ether oxygens (including phenoxy) is 2. The number of aromatic nitrogens is 1. The van der Waals surface area contributed by atoms with Crippen molar-refractivity contribution in [2.45, 2.75) is 57.5 Å². The summed E-state index contributed by atoms with van der Waals surface area (Å²) < 4.78 is 12.4. The molecule has 8 heteroatoms. The number of nitrogens with two attached hydrogens (primary N) is 1. The molecular formula is C31H40N4O4. The summed E-state index contributed by atoms with van der Waals surface area (Å²) in [6.07, 6.45) is 4.36. The van der Waals surface area contributed by atoms with Crippen molar-refractivity contribution in [3.8, 4) is 0 Å². The molecule has 1 aromatic heterocycles. The van der Waals surface area contributed by atoms with Gasteiger partial charge in [-0.15, -0.1) is 0 Å². The molecule has 1 saturated heterocycles. The summed E-state index contributed by atoms with van der Waals surface area (Å²) in [6, 6.07) is 15.7. The second-order valence-corrected chi connectivity index (χ2v) is 10.3. The number of piperidine rings is 1. The summed E-state index contributed by atoms with van der Waals surface area (Å²) in [5, 5.41) is 3.90. The van der Waals surface area contributed by atoms with Crippen LogP contribution >= 0.6 is 0 Å². The van der Waals surface area contributed by atoms with Crippen molar-refractivity contribution >= 4 is 28.6 Å². The number of nitrogens with zero attached hydrogens (tertiary/aromatic N) is 2. The number of hydrogen-bond acceptors (Lipinski definition) is 5. The van der Waals surface area contributed by atoms with Crippen molar-refractivity contribution in [1.82, 2.24) is 9.47 Å². The van der Waals surface area contributed by atoms with Crippen LogP contribution in [0.4, 0.5) is 10.5 Å². The Balaban J connectivity index is 1.39. The first-order chi connectivity index (χ1) is 18.9. The number of likely N-dealkylation sites (tertiary alicyclic amines) is 1. The number of methoxy groups -OCH3 is 1. The predicted molar refractivity (Wildman–Crippen MR) is 155 cm³/mol. The van der Waals surface area contributed by atoms with E-state index in [1.165, 1.54) is 22.2 Å². The van der Waals surface area contributed by atoms with Gasteiger partial charge >= 0.3 is 6.09 Å². The smallest absolute Gasteiger partial charge is 0.416 e. The van der Waals surface area contributed by atoms with Crippen molar-refractivity contribution < 1.29 is 19.1 Å². The van der Waals surface area contributed by atoms with E-state index in [4.69, 9.17) is 10.5 Å². The molecule has 0 bridgehead atoms. The van der Waals surface area contributed by atoms with Crippen molar-refractivity contribution in [1.29, 1.82) is 0 Å². The van der Waals surface area contributed by atoms with Crippen molar-refractivity contribution in [3.05, 3.63) is 78.2 Å². The third kappa shape index (κ3) is 7.07. The van der Waals surface area contributed by atoms with E-state index in [0.717, 1.165) is 50.8 Å². The Morgan fingerprint density at radius 1 is 1.21 bits per heavy atom. The number of anilines is 1. The molecule has 0 saturated carbocycles. The normalized spacial score (nSPS) is 16.2. The zero-order chi connectivity index (χ0) is 27.8. The lowest BCUT2D eigenvalue weighted by molar-refractivity contribution is -0.132. The summed E-state index contributed by atoms with van der Waals surface area (Å²) in [5.74, 6) is 0.402. The summed E-state index contributed by atoms with van der Waals surface area (Å²) >= 11 is 0. The van der Waals surface area contributed by atoms with Gasteiger partial charge in [0.05, 0.1) is 6.26 Å². The van der Waals surface area contributed by atoms with Crippen LogP contribution in [0.25, 0.3) is 10.9 Å². The second-order valence-electron chi connectivity index (χ2n) is 10.3. The van der Waals surface area contributed by atoms with Gasteiger partial charge in [-0.25, -0.2) is 4.79 Å². The lowest BCUT2D eigenvalue weighted by Gasteiger charge is -2.34. The first-order valence-corrected chi connectivity index (χ1v) is 13.7. The van der Waals surface area contributed by atoms with E-state index in [1.54, 1.807) is 19.2 Å². The molecule has 2 amide bonds. The highest BCUT2D eigenvalue weighted by atomic mass is 16.5. The van der Waals surface area contributed by atoms with Crippen LogP contribution in [0.2, 0.25) is 0 Å². The average molecular weight is 533 g/mol. The maximum absolute atomic E-state index is 13.3. The molecule has 0 spiro atoms. The fraction of sp³-hybridized carbons (Fsp3) is 0.419. The number of fused-ring (bicyclic) bond motifs is 1. The highest BCUT2D eigenvalue weighted by molar-refractivity contribution is 5.86. The van der Waals surface area contributed by atoms with Gasteiger partial charge < -0.3 is 24.7 Å². The Morgan fingerprint density at radius 2 is 1.97 bits per heavy atom. The van der Waals surface area contributed by atoms with Gasteiger partial charge in [0, 0.05) is 74.0 Å². The van der Waals surface area contributed by atoms with Crippen molar-refractivity contribution in [2.24, 2.45) is 5.73 Å². The third-order valence-corrected chi connectivity index (χ3v) is 7.49. The van der Waals surface area contributed by atoms with Gasteiger partial charge in [0.2, 0.25) is 5.91 Å². The number of amides is 2. The van der Waals surface area contributed by atoms with Crippen molar-refractivity contribution in [3.63, 3.8) is 0 Å². The van der Waals surface area contributed by atoms with Crippen LogP contribution in [0.3, 0.4) is 0 Å². The van der Waals surface area contributed by atoms with Crippen LogP contribution < -0.4 is 11.1 Å². The average Bonchev–Trinajstić information content (AvgIpc) is 3.21. The molecule has 2 aromatic carbocycles. The van der Waals surface area contributed by atoms with E-state index >= 15 is 0 Å². The minimum absolute atomic E-state index is 0.109. The molecule has 2 atom stereocenters. The number of hydrogen-bond donors (Lipinski definition) is 2. The second kappa shape index (κ2) is 13.4. The third-order valence-electron chi connectivity index (χ3n) is 7.49. The molecule has 2 unspecified atom stereocenters. The molecule has 8 nitrogen and oxygen atoms in total. The van der Waals surface area contributed by atoms with Crippen LogP contribution in [0.15, 0.2) is 61.4 Å². The molecule has 0 radical (unpaired) electrons. The number of carbonyl (C=O) groups excluding carboxylic acids is 2. The van der Waals surface area contributed by atoms with Crippen molar-refractivity contribution in [2.75, 3.05) is 32.1 Å². The molecule has 1 aliphatic rings. The fourth-order valence-corrected chi connectivity index (χ4v) is 5.73. The summed E-state index contributed by atoms with van der Waals surface area (Å²) in [6.45, 7) is 8.68. The summed E-state index contributed by atoms with van der Waals surface area (Å²) in [4.78, 5) is 26.9. The number of rotatable bonds is 11. The van der Waals surface area contributed by atoms with Crippen LogP contribution in [0, 0.1) is 6.92 Å². The minimum Gasteiger partial charge on any atom is -0.419 e. The van der Waals surface area contributed by atoms with E-state index in [2.05, 4.69) is 52.4 Å². The van der Waals surface area contributed by atoms with Gasteiger partial charge in [-0.2, -0.15) is 0 Å². The molecule has 208 valence electrons. The van der Waals surface area contributed by atoms with Crippen LogP contribution in [-0.2, 0) is 27.2 Å². The van der Waals surface area contributed by atoms with E-state index in [-0.39, 0.29) is 11.9 Å². The Labute approximate surface area is 230 Å². The highest BCUT2D eigenvalue weighted by Gasteiger charge is 2.29. The number of benzene rings is 2. The number of carbonyl (C=O) groups is 2. The van der Waals surface area contributed by atoms with Crippen LogP contribution in [0.1, 0.15) is 48.4 Å². The van der Waals surface area contributed by atoms with E-state index in [0.29, 0.717) is 31.0 Å². The monoisotopic (exact) mass is 532 g/mol. The van der Waals surface area contributed by atoms with Gasteiger partial charge in [0.15, 0.2) is 0 Å². The van der Waals surface area contributed by atoms with Crippen LogP contribution in [0.5, 0.6) is 0 Å². The molecule has 1 aliphatic heterocycles. The topological polar surface area (TPSA) is 98.8 Å². The van der Waals surface area contributed by atoms with Gasteiger partial charge in [0.1, 0.15) is 0 Å². The molecule has 4 rings (SSSR count). The molecule has 2 heterocycles. The Bertz CT molecular complexity index is 1280. The zero-order valence-corrected chi connectivity index (χ0v) is 23.0. The van der Waals surface area contributed by atoms with E-state index < -0.39 is 6.09 Å². The molecule has 1 fully saturated rings. The first kappa shape index (κ1) is 28.4. The Kier molecular flexibility index (Phi) is 9.79. The SMILES string of the molecule is C=COC(=O)Nc1ccc(CC(N)CC(=O)N2CCCC(c3c(C)c4ccccc4n3CCCOC)C2)cc1. The fourth-order valence-electron chi connectivity index (χ4n) is 5.73. The quantitative estimate of drug-likeness (QED) is 0.256. The lowest BCUT2D eigenvalue weighted by atomic mass is 9.91. The zero-order valence-electron chi connectivity index (χ0n) is 23.0. The Morgan fingerprint density at radius 3 is 2.72 bits per heavy atom. The highest BCUT2D eigenvalue weighted by Crippen LogP contribution is 2.36. The summed E-state index contributed by atoms with van der Waals surface area (Å²) in [5.41, 5.74) is 12.0. The number of para-hydroxylation sites is 1. The van der Waals surface area contributed by atoms with Gasteiger partial charge in [0.25, 0.3) is 0 Å². The van der Waals surface area contributed by atoms with E-state index in [1.807, 2.05) is 17.0 Å².